The Hall–Kier alpha value is -2.63. The molecule has 2 amide bonds. The summed E-state index contributed by atoms with van der Waals surface area (Å²) in [5, 5.41) is 2.98. The summed E-state index contributed by atoms with van der Waals surface area (Å²) < 4.78 is 12.9. The molecule has 0 aliphatic carbocycles. The molecule has 1 atom stereocenters. The van der Waals surface area contributed by atoms with Crippen molar-refractivity contribution in [3.05, 3.63) is 41.7 Å². The minimum absolute atomic E-state index is 0.0756. The molecule has 1 aromatic carbocycles. The van der Waals surface area contributed by atoms with Crippen LogP contribution in [0.1, 0.15) is 30.8 Å². The number of carbonyl (C=O) groups excluding carboxylic acids is 1. The molecule has 2 aromatic rings. The largest absolute Gasteiger partial charge is 0.497 e. The lowest BCUT2D eigenvalue weighted by Crippen LogP contribution is -2.44. The molecular weight excluding hydrogens is 318 g/mol. The lowest BCUT2D eigenvalue weighted by Gasteiger charge is -2.37. The van der Waals surface area contributed by atoms with Gasteiger partial charge in [-0.15, -0.1) is 0 Å². The van der Waals surface area contributed by atoms with E-state index in [1.807, 2.05) is 4.90 Å². The van der Waals surface area contributed by atoms with Gasteiger partial charge in [-0.2, -0.15) is 0 Å². The van der Waals surface area contributed by atoms with Crippen LogP contribution in [0.15, 0.2) is 30.3 Å². The molecule has 1 aromatic heterocycles. The van der Waals surface area contributed by atoms with Crippen molar-refractivity contribution in [2.24, 2.45) is 0 Å². The van der Waals surface area contributed by atoms with Crippen LogP contribution in [-0.4, -0.2) is 36.3 Å². The third kappa shape index (κ3) is 3.16. The highest BCUT2D eigenvalue weighted by Crippen LogP contribution is 2.33. The van der Waals surface area contributed by atoms with Crippen molar-refractivity contribution in [2.75, 3.05) is 26.1 Å². The first-order valence-electron chi connectivity index (χ1n) is 8.54. The van der Waals surface area contributed by atoms with Gasteiger partial charge in [-0.3, -0.25) is 0 Å². The van der Waals surface area contributed by atoms with E-state index in [0.29, 0.717) is 23.7 Å². The number of aromatic nitrogens is 1. The summed E-state index contributed by atoms with van der Waals surface area (Å²) in [6.45, 7) is 5.72. The monoisotopic (exact) mass is 343 g/mol. The molecule has 0 unspecified atom stereocenters. The number of urea groups is 1. The SMILES string of the molecule is CC[C@H]1c2ccc(C)n2CCN1C(=O)Nc1ccc(OC)cc1OC. The highest BCUT2D eigenvalue weighted by Gasteiger charge is 2.30. The molecule has 6 nitrogen and oxygen atoms in total. The van der Waals surface area contributed by atoms with E-state index in [0.717, 1.165) is 13.0 Å². The van der Waals surface area contributed by atoms with Gasteiger partial charge in [0, 0.05) is 30.5 Å². The van der Waals surface area contributed by atoms with Gasteiger partial charge in [-0.05, 0) is 37.6 Å². The number of amides is 2. The first kappa shape index (κ1) is 17.2. The van der Waals surface area contributed by atoms with Crippen molar-refractivity contribution in [1.82, 2.24) is 9.47 Å². The number of nitrogens with zero attached hydrogens (tertiary/aromatic N) is 2. The fourth-order valence-electron chi connectivity index (χ4n) is 3.47. The number of ether oxygens (including phenoxy) is 2. The lowest BCUT2D eigenvalue weighted by molar-refractivity contribution is 0.165. The quantitative estimate of drug-likeness (QED) is 0.918. The Morgan fingerprint density at radius 3 is 2.68 bits per heavy atom. The average Bonchev–Trinajstić information content (AvgIpc) is 3.02. The molecule has 0 spiro atoms. The Labute approximate surface area is 148 Å². The van der Waals surface area contributed by atoms with E-state index in [1.165, 1.54) is 11.4 Å². The molecule has 134 valence electrons. The zero-order valence-electron chi connectivity index (χ0n) is 15.2. The van der Waals surface area contributed by atoms with Gasteiger partial charge in [0.05, 0.1) is 25.9 Å². The topological polar surface area (TPSA) is 55.7 Å². The number of benzene rings is 1. The first-order chi connectivity index (χ1) is 12.1. The van der Waals surface area contributed by atoms with E-state index >= 15 is 0 Å². The lowest BCUT2D eigenvalue weighted by atomic mass is 10.1. The number of hydrogen-bond acceptors (Lipinski definition) is 3. The second-order valence-corrected chi connectivity index (χ2v) is 6.17. The Bertz CT molecular complexity index is 769. The van der Waals surface area contributed by atoms with Gasteiger partial charge in [0.1, 0.15) is 11.5 Å². The molecule has 6 heteroatoms. The maximum Gasteiger partial charge on any atom is 0.322 e. The standard InChI is InChI=1S/C19H25N3O3/c1-5-16-17-9-6-13(2)21(17)10-11-22(16)19(23)20-15-8-7-14(24-3)12-18(15)25-4/h6-9,12,16H,5,10-11H2,1-4H3,(H,20,23)/t16-/m0/s1. The molecule has 0 saturated carbocycles. The van der Waals surface area contributed by atoms with Crippen LogP contribution in [0.25, 0.3) is 0 Å². The number of fused-ring (bicyclic) bond motifs is 1. The number of anilines is 1. The Morgan fingerprint density at radius 2 is 2.00 bits per heavy atom. The molecule has 1 N–H and O–H groups in total. The third-order valence-electron chi connectivity index (χ3n) is 4.81. The number of rotatable bonds is 4. The first-order valence-corrected chi connectivity index (χ1v) is 8.54. The van der Waals surface area contributed by atoms with E-state index in [2.05, 4.69) is 35.9 Å². The molecule has 0 bridgehead atoms. The smallest absolute Gasteiger partial charge is 0.322 e. The van der Waals surface area contributed by atoms with Crippen LogP contribution in [0.2, 0.25) is 0 Å². The molecule has 0 radical (unpaired) electrons. The maximum atomic E-state index is 12.9. The van der Waals surface area contributed by atoms with Crippen LogP contribution >= 0.6 is 0 Å². The summed E-state index contributed by atoms with van der Waals surface area (Å²) in [7, 11) is 3.18. The van der Waals surface area contributed by atoms with Crippen LogP contribution in [0.4, 0.5) is 10.5 Å². The fraction of sp³-hybridized carbons (Fsp3) is 0.421. The number of carbonyl (C=O) groups is 1. The van der Waals surface area contributed by atoms with Crippen LogP contribution in [0.5, 0.6) is 11.5 Å². The van der Waals surface area contributed by atoms with Crippen LogP contribution in [0.3, 0.4) is 0 Å². The van der Waals surface area contributed by atoms with Gasteiger partial charge >= 0.3 is 6.03 Å². The van der Waals surface area contributed by atoms with Crippen molar-refractivity contribution < 1.29 is 14.3 Å². The number of hydrogen-bond donors (Lipinski definition) is 1. The summed E-state index contributed by atoms with van der Waals surface area (Å²) in [5.74, 6) is 1.27. The van der Waals surface area contributed by atoms with Gasteiger partial charge in [-0.1, -0.05) is 6.92 Å². The normalized spacial score (nSPS) is 16.3. The van der Waals surface area contributed by atoms with Crippen LogP contribution in [0, 0.1) is 6.92 Å². The molecule has 1 aliphatic heterocycles. The highest BCUT2D eigenvalue weighted by atomic mass is 16.5. The number of methoxy groups -OCH3 is 2. The molecular formula is C19H25N3O3. The van der Waals surface area contributed by atoms with Gasteiger partial charge in [-0.25, -0.2) is 4.79 Å². The number of aryl methyl sites for hydroxylation is 1. The summed E-state index contributed by atoms with van der Waals surface area (Å²) in [6, 6.07) is 9.57. The van der Waals surface area contributed by atoms with E-state index in [9.17, 15) is 4.79 Å². The predicted octanol–water partition coefficient (Wildman–Crippen LogP) is 3.81. The predicted molar refractivity (Wildman–Crippen MR) is 97.5 cm³/mol. The zero-order chi connectivity index (χ0) is 18.0. The van der Waals surface area contributed by atoms with E-state index in [1.54, 1.807) is 32.4 Å². The van der Waals surface area contributed by atoms with E-state index < -0.39 is 0 Å². The minimum Gasteiger partial charge on any atom is -0.497 e. The van der Waals surface area contributed by atoms with Gasteiger partial charge in [0.2, 0.25) is 0 Å². The summed E-state index contributed by atoms with van der Waals surface area (Å²) in [6.07, 6.45) is 0.872. The van der Waals surface area contributed by atoms with Gasteiger partial charge in [0.25, 0.3) is 0 Å². The maximum absolute atomic E-state index is 12.9. The van der Waals surface area contributed by atoms with Crippen molar-refractivity contribution >= 4 is 11.7 Å². The molecule has 0 saturated heterocycles. The summed E-state index contributed by atoms with van der Waals surface area (Å²) in [4.78, 5) is 14.8. The van der Waals surface area contributed by atoms with E-state index in [-0.39, 0.29) is 12.1 Å². The second kappa shape index (κ2) is 7.09. The summed E-state index contributed by atoms with van der Waals surface area (Å²) in [5.41, 5.74) is 3.08. The molecule has 2 heterocycles. The zero-order valence-corrected chi connectivity index (χ0v) is 15.2. The van der Waals surface area contributed by atoms with E-state index in [4.69, 9.17) is 9.47 Å². The van der Waals surface area contributed by atoms with Crippen molar-refractivity contribution in [2.45, 2.75) is 32.9 Å². The number of nitrogens with one attached hydrogen (secondary N) is 1. The van der Waals surface area contributed by atoms with Crippen molar-refractivity contribution in [3.63, 3.8) is 0 Å². The average molecular weight is 343 g/mol. The molecule has 3 rings (SSSR count). The van der Waals surface area contributed by atoms with Crippen molar-refractivity contribution in [1.29, 1.82) is 0 Å². The van der Waals surface area contributed by atoms with Gasteiger partial charge < -0.3 is 24.3 Å². The molecule has 0 fully saturated rings. The Morgan fingerprint density at radius 1 is 1.20 bits per heavy atom. The molecule has 1 aliphatic rings. The second-order valence-electron chi connectivity index (χ2n) is 6.17. The van der Waals surface area contributed by atoms with Crippen molar-refractivity contribution in [3.8, 4) is 11.5 Å². The third-order valence-corrected chi connectivity index (χ3v) is 4.81. The molecule has 25 heavy (non-hydrogen) atoms. The van der Waals surface area contributed by atoms with Gasteiger partial charge in [0.15, 0.2) is 0 Å². The highest BCUT2D eigenvalue weighted by molar-refractivity contribution is 5.91. The summed E-state index contributed by atoms with van der Waals surface area (Å²) >= 11 is 0. The fourth-order valence-corrected chi connectivity index (χ4v) is 3.47. The van der Waals surface area contributed by atoms with Crippen LogP contribution in [-0.2, 0) is 6.54 Å². The minimum atomic E-state index is -0.111. The Kier molecular flexibility index (Phi) is 4.88. The Balaban J connectivity index is 1.82. The van der Waals surface area contributed by atoms with Crippen LogP contribution < -0.4 is 14.8 Å².